The van der Waals surface area contributed by atoms with E-state index in [2.05, 4.69) is 9.05 Å². The van der Waals surface area contributed by atoms with Gasteiger partial charge in [-0.1, -0.05) is 19.8 Å². The summed E-state index contributed by atoms with van der Waals surface area (Å²) in [6.45, 7) is 2.57. The fraction of sp³-hybridized carbons (Fsp3) is 0.909. The van der Waals surface area contributed by atoms with Gasteiger partial charge in [-0.25, -0.2) is 0 Å². The lowest BCUT2D eigenvalue weighted by molar-refractivity contribution is -0.216. The SMILES string of the molecule is CCCCC(C)(C(=O)CP(=O)(OC)OC)C(F)(F)F. The summed E-state index contributed by atoms with van der Waals surface area (Å²) in [5.74, 6) is -1.17. The van der Waals surface area contributed by atoms with Crippen molar-refractivity contribution >= 4 is 13.4 Å². The van der Waals surface area contributed by atoms with Crippen molar-refractivity contribution in [2.45, 2.75) is 39.3 Å². The van der Waals surface area contributed by atoms with Crippen LogP contribution >= 0.6 is 7.60 Å². The van der Waals surface area contributed by atoms with Crippen molar-refractivity contribution in [3.05, 3.63) is 0 Å². The van der Waals surface area contributed by atoms with E-state index < -0.39 is 31.1 Å². The summed E-state index contributed by atoms with van der Waals surface area (Å²) >= 11 is 0. The van der Waals surface area contributed by atoms with E-state index in [1.807, 2.05) is 0 Å². The number of unbranched alkanes of at least 4 members (excludes halogenated alkanes) is 1. The summed E-state index contributed by atoms with van der Waals surface area (Å²) in [6, 6.07) is 0. The first kappa shape index (κ1) is 18.6. The van der Waals surface area contributed by atoms with Crippen molar-refractivity contribution < 1.29 is 31.6 Å². The van der Waals surface area contributed by atoms with Crippen LogP contribution in [0, 0.1) is 5.41 Å². The molecule has 0 bridgehead atoms. The first-order valence-electron chi connectivity index (χ1n) is 5.87. The molecule has 0 aromatic heterocycles. The molecular formula is C11H20F3O4P. The largest absolute Gasteiger partial charge is 0.401 e. The van der Waals surface area contributed by atoms with Crippen LogP contribution in [-0.4, -0.2) is 32.3 Å². The summed E-state index contributed by atoms with van der Waals surface area (Å²) in [4.78, 5) is 11.9. The molecular weight excluding hydrogens is 284 g/mol. The molecule has 0 fully saturated rings. The maximum Gasteiger partial charge on any atom is 0.401 e. The molecule has 0 N–H and O–H groups in total. The monoisotopic (exact) mass is 304 g/mol. The molecule has 0 spiro atoms. The van der Waals surface area contributed by atoms with E-state index in [1.165, 1.54) is 0 Å². The van der Waals surface area contributed by atoms with Crippen LogP contribution in [0.25, 0.3) is 0 Å². The average Bonchev–Trinajstić information content (AvgIpc) is 2.34. The third-order valence-corrected chi connectivity index (χ3v) is 4.95. The summed E-state index contributed by atoms with van der Waals surface area (Å²) in [6.07, 6.45) is -5.11. The molecule has 114 valence electrons. The first-order valence-corrected chi connectivity index (χ1v) is 7.59. The molecule has 0 aromatic rings. The van der Waals surface area contributed by atoms with Crippen molar-refractivity contribution in [2.75, 3.05) is 20.4 Å². The Hall–Kier alpha value is -0.390. The second-order valence-corrected chi connectivity index (χ2v) is 6.76. The fourth-order valence-corrected chi connectivity index (χ4v) is 2.63. The average molecular weight is 304 g/mol. The third kappa shape index (κ3) is 4.58. The molecule has 0 heterocycles. The smallest absolute Gasteiger partial charge is 0.312 e. The predicted molar refractivity (Wildman–Crippen MR) is 65.2 cm³/mol. The minimum absolute atomic E-state index is 0.256. The molecule has 0 aromatic carbocycles. The van der Waals surface area contributed by atoms with Crippen molar-refractivity contribution in [1.29, 1.82) is 0 Å². The number of ketones is 1. The molecule has 4 nitrogen and oxygen atoms in total. The number of Topliss-reactive ketones (excluding diaryl/α,β-unsaturated/α-hetero) is 1. The molecule has 1 unspecified atom stereocenters. The van der Waals surface area contributed by atoms with E-state index in [-0.39, 0.29) is 12.8 Å². The zero-order valence-corrected chi connectivity index (χ0v) is 12.4. The first-order chi connectivity index (χ1) is 8.56. The Morgan fingerprint density at radius 1 is 1.21 bits per heavy atom. The van der Waals surface area contributed by atoms with Crippen molar-refractivity contribution in [1.82, 2.24) is 0 Å². The third-order valence-electron chi connectivity index (χ3n) is 3.17. The van der Waals surface area contributed by atoms with Crippen LogP contribution in [0.5, 0.6) is 0 Å². The van der Waals surface area contributed by atoms with Gasteiger partial charge >= 0.3 is 13.8 Å². The van der Waals surface area contributed by atoms with Crippen molar-refractivity contribution in [3.8, 4) is 0 Å². The lowest BCUT2D eigenvalue weighted by Gasteiger charge is -2.31. The van der Waals surface area contributed by atoms with Crippen LogP contribution in [0.15, 0.2) is 0 Å². The molecule has 0 aliphatic heterocycles. The molecule has 0 rings (SSSR count). The van der Waals surface area contributed by atoms with Crippen LogP contribution < -0.4 is 0 Å². The van der Waals surface area contributed by atoms with E-state index in [0.29, 0.717) is 6.42 Å². The topological polar surface area (TPSA) is 52.6 Å². The number of carbonyl (C=O) groups is 1. The normalized spacial score (nSPS) is 16.2. The molecule has 1 atom stereocenters. The lowest BCUT2D eigenvalue weighted by Crippen LogP contribution is -2.44. The summed E-state index contributed by atoms with van der Waals surface area (Å²) in [5.41, 5.74) is -2.52. The van der Waals surface area contributed by atoms with E-state index in [0.717, 1.165) is 21.1 Å². The van der Waals surface area contributed by atoms with Gasteiger partial charge < -0.3 is 9.05 Å². The Balaban J connectivity index is 5.19. The van der Waals surface area contributed by atoms with Crippen LogP contribution in [-0.2, 0) is 18.4 Å². The molecule has 0 radical (unpaired) electrons. The Morgan fingerprint density at radius 2 is 1.68 bits per heavy atom. The Morgan fingerprint density at radius 3 is 2.00 bits per heavy atom. The van der Waals surface area contributed by atoms with Gasteiger partial charge in [-0.15, -0.1) is 0 Å². The second kappa shape index (κ2) is 6.86. The summed E-state index contributed by atoms with van der Waals surface area (Å²) in [7, 11) is -1.71. The Kier molecular flexibility index (Phi) is 6.72. The van der Waals surface area contributed by atoms with E-state index in [9.17, 15) is 22.5 Å². The minimum atomic E-state index is -4.69. The van der Waals surface area contributed by atoms with Gasteiger partial charge in [0.2, 0.25) is 0 Å². The van der Waals surface area contributed by atoms with E-state index in [4.69, 9.17) is 0 Å². The van der Waals surface area contributed by atoms with Gasteiger partial charge in [0.05, 0.1) is 0 Å². The van der Waals surface area contributed by atoms with Crippen LogP contribution in [0.3, 0.4) is 0 Å². The number of rotatable bonds is 8. The highest BCUT2D eigenvalue weighted by Gasteiger charge is 2.56. The maximum atomic E-state index is 13.1. The number of hydrogen-bond acceptors (Lipinski definition) is 4. The minimum Gasteiger partial charge on any atom is -0.312 e. The summed E-state index contributed by atoms with van der Waals surface area (Å²) in [5, 5.41) is 0. The molecule has 8 heteroatoms. The standard InChI is InChI=1S/C11H20F3O4P/c1-5-6-7-10(2,11(12,13)14)9(15)8-19(16,17-3)18-4/h5-8H2,1-4H3. The van der Waals surface area contributed by atoms with Gasteiger partial charge in [-0.3, -0.25) is 9.36 Å². The van der Waals surface area contributed by atoms with E-state index in [1.54, 1.807) is 6.92 Å². The predicted octanol–water partition coefficient (Wildman–Crippen LogP) is 3.80. The Bertz CT molecular complexity index is 348. The van der Waals surface area contributed by atoms with Crippen molar-refractivity contribution in [2.24, 2.45) is 5.41 Å². The van der Waals surface area contributed by atoms with Gasteiger partial charge in [-0.05, 0) is 13.3 Å². The molecule has 0 amide bonds. The van der Waals surface area contributed by atoms with Crippen molar-refractivity contribution in [3.63, 3.8) is 0 Å². The second-order valence-electron chi connectivity index (χ2n) is 4.49. The highest BCUT2D eigenvalue weighted by Crippen LogP contribution is 2.51. The van der Waals surface area contributed by atoms with Crippen LogP contribution in [0.4, 0.5) is 13.2 Å². The van der Waals surface area contributed by atoms with Gasteiger partial charge in [0.25, 0.3) is 0 Å². The molecule has 0 saturated carbocycles. The van der Waals surface area contributed by atoms with Crippen LogP contribution in [0.1, 0.15) is 33.1 Å². The zero-order chi connectivity index (χ0) is 15.3. The highest BCUT2D eigenvalue weighted by atomic mass is 31.2. The van der Waals surface area contributed by atoms with Crippen LogP contribution in [0.2, 0.25) is 0 Å². The highest BCUT2D eigenvalue weighted by molar-refractivity contribution is 7.54. The maximum absolute atomic E-state index is 13.1. The van der Waals surface area contributed by atoms with Gasteiger partial charge in [0.15, 0.2) is 5.78 Å². The molecule has 19 heavy (non-hydrogen) atoms. The van der Waals surface area contributed by atoms with Gasteiger partial charge in [-0.2, -0.15) is 13.2 Å². The number of hydrogen-bond donors (Lipinski definition) is 0. The molecule has 0 aliphatic carbocycles. The Labute approximate surface area is 111 Å². The lowest BCUT2D eigenvalue weighted by atomic mass is 9.80. The number of carbonyl (C=O) groups excluding carboxylic acids is 1. The number of alkyl halides is 3. The van der Waals surface area contributed by atoms with Gasteiger partial charge in [0.1, 0.15) is 11.6 Å². The number of halogens is 3. The summed E-state index contributed by atoms with van der Waals surface area (Å²) < 4.78 is 60.0. The molecule has 0 aliphatic rings. The quantitative estimate of drug-likeness (QED) is 0.640. The molecule has 0 saturated heterocycles. The zero-order valence-electron chi connectivity index (χ0n) is 11.5. The van der Waals surface area contributed by atoms with Gasteiger partial charge in [0, 0.05) is 14.2 Å². The van der Waals surface area contributed by atoms with E-state index >= 15 is 0 Å². The fourth-order valence-electron chi connectivity index (χ4n) is 1.52.